The first-order chi connectivity index (χ1) is 25.8. The maximum atomic E-state index is 2.41. The molecule has 0 radical (unpaired) electrons. The summed E-state index contributed by atoms with van der Waals surface area (Å²) in [4.78, 5) is 0. The molecule has 0 aliphatic heterocycles. The van der Waals surface area contributed by atoms with Gasteiger partial charge in [-0.05, 0) is 129 Å². The van der Waals surface area contributed by atoms with Crippen molar-refractivity contribution in [1.29, 1.82) is 0 Å². The van der Waals surface area contributed by atoms with E-state index in [1.165, 1.54) is 98.7 Å². The van der Waals surface area contributed by atoms with Crippen molar-refractivity contribution in [2.45, 2.75) is 0 Å². The van der Waals surface area contributed by atoms with Crippen molar-refractivity contribution in [3.05, 3.63) is 206 Å². The first-order valence-electron chi connectivity index (χ1n) is 18.0. The summed E-state index contributed by atoms with van der Waals surface area (Å²) in [6.45, 7) is 0. The third-order valence-corrected chi connectivity index (χ3v) is 10.6. The maximum absolute atomic E-state index is 2.41. The van der Waals surface area contributed by atoms with Crippen molar-refractivity contribution in [2.75, 3.05) is 0 Å². The lowest BCUT2D eigenvalue weighted by Gasteiger charge is -2.16. The summed E-state index contributed by atoms with van der Waals surface area (Å²) in [5, 5.41) is 10.1. The molecule has 242 valence electrons. The molecule has 10 rings (SSSR count). The molecule has 0 spiro atoms. The van der Waals surface area contributed by atoms with Gasteiger partial charge < -0.3 is 0 Å². The van der Waals surface area contributed by atoms with E-state index in [0.717, 1.165) is 0 Å². The van der Waals surface area contributed by atoms with Gasteiger partial charge in [-0.25, -0.2) is 0 Å². The number of hydrogen-bond donors (Lipinski definition) is 0. The van der Waals surface area contributed by atoms with Crippen LogP contribution in [0.1, 0.15) is 0 Å². The van der Waals surface area contributed by atoms with Crippen molar-refractivity contribution in [2.24, 2.45) is 0 Å². The highest BCUT2D eigenvalue weighted by atomic mass is 14.2. The van der Waals surface area contributed by atoms with Crippen molar-refractivity contribution >= 4 is 43.1 Å². The van der Waals surface area contributed by atoms with E-state index in [9.17, 15) is 0 Å². The Hall–Kier alpha value is -6.76. The molecule has 0 heteroatoms. The molecule has 0 aromatic heterocycles. The predicted octanol–water partition coefficient (Wildman–Crippen LogP) is 14.6. The van der Waals surface area contributed by atoms with Gasteiger partial charge in [-0.1, -0.05) is 176 Å². The highest BCUT2D eigenvalue weighted by molar-refractivity contribution is 6.16. The van der Waals surface area contributed by atoms with Crippen molar-refractivity contribution in [3.63, 3.8) is 0 Å². The number of benzene rings is 10. The number of fused-ring (bicyclic) bond motifs is 5. The minimum absolute atomic E-state index is 1.22. The minimum atomic E-state index is 1.22. The molecule has 0 aliphatic rings. The zero-order valence-corrected chi connectivity index (χ0v) is 28.6. The van der Waals surface area contributed by atoms with E-state index in [2.05, 4.69) is 206 Å². The molecule has 0 bridgehead atoms. The molecular weight excluding hydrogens is 625 g/mol. The Labute approximate surface area is 303 Å². The standard InChI is InChI=1S/C52H34/c1-3-12-37(13-4-1)49-31-40-17-7-8-18-41(40)32-51(49)43-27-29-48-47-28-26-42(30-44(47)34-50(52(48)33-43)38-14-5-2-6-15-38)35-22-24-39(25-23-35)46-21-11-19-36-16-9-10-20-45(36)46/h1-34H. The fourth-order valence-corrected chi connectivity index (χ4v) is 8.02. The summed E-state index contributed by atoms with van der Waals surface area (Å²) in [5.74, 6) is 0. The second kappa shape index (κ2) is 12.5. The molecule has 0 N–H and O–H groups in total. The van der Waals surface area contributed by atoms with Gasteiger partial charge in [0.1, 0.15) is 0 Å². The summed E-state index contributed by atoms with van der Waals surface area (Å²) in [7, 11) is 0. The molecule has 0 saturated heterocycles. The maximum Gasteiger partial charge on any atom is -0.00928 e. The van der Waals surface area contributed by atoms with Crippen LogP contribution in [0.2, 0.25) is 0 Å². The quantitative estimate of drug-likeness (QED) is 0.161. The van der Waals surface area contributed by atoms with Crippen LogP contribution >= 0.6 is 0 Å². The Morgan fingerprint density at radius 2 is 0.673 bits per heavy atom. The van der Waals surface area contributed by atoms with Gasteiger partial charge in [-0.3, -0.25) is 0 Å². The van der Waals surface area contributed by atoms with E-state index in [0.29, 0.717) is 0 Å². The second-order valence-electron chi connectivity index (χ2n) is 13.7. The van der Waals surface area contributed by atoms with Crippen molar-refractivity contribution in [1.82, 2.24) is 0 Å². The van der Waals surface area contributed by atoms with Crippen LogP contribution in [-0.4, -0.2) is 0 Å². The van der Waals surface area contributed by atoms with E-state index in [4.69, 9.17) is 0 Å². The van der Waals surface area contributed by atoms with Crippen LogP contribution in [0.25, 0.3) is 98.7 Å². The molecule has 10 aromatic rings. The van der Waals surface area contributed by atoms with Crippen LogP contribution in [0.3, 0.4) is 0 Å². The minimum Gasteiger partial charge on any atom is -0.0622 e. The Balaban J connectivity index is 1.12. The fourth-order valence-electron chi connectivity index (χ4n) is 8.02. The molecular formula is C52H34. The average molecular weight is 659 g/mol. The van der Waals surface area contributed by atoms with Gasteiger partial charge in [0.15, 0.2) is 0 Å². The smallest absolute Gasteiger partial charge is 0.00928 e. The van der Waals surface area contributed by atoms with E-state index in [1.807, 2.05) is 0 Å². The van der Waals surface area contributed by atoms with Gasteiger partial charge in [-0.2, -0.15) is 0 Å². The molecule has 10 aromatic carbocycles. The van der Waals surface area contributed by atoms with Gasteiger partial charge in [0.05, 0.1) is 0 Å². The SMILES string of the molecule is c1ccc(-c2cc3ccccc3cc2-c2ccc3c(c2)c(-c2ccccc2)cc2cc(-c4ccc(-c5cccc6ccccc56)cc4)ccc23)cc1. The van der Waals surface area contributed by atoms with Crippen LogP contribution < -0.4 is 0 Å². The van der Waals surface area contributed by atoms with Gasteiger partial charge >= 0.3 is 0 Å². The van der Waals surface area contributed by atoms with E-state index in [1.54, 1.807) is 0 Å². The molecule has 0 atom stereocenters. The average Bonchev–Trinajstić information content (AvgIpc) is 3.23. The van der Waals surface area contributed by atoms with Crippen LogP contribution in [-0.2, 0) is 0 Å². The Morgan fingerprint density at radius 3 is 1.40 bits per heavy atom. The number of hydrogen-bond acceptors (Lipinski definition) is 0. The molecule has 0 nitrogen and oxygen atoms in total. The Bertz CT molecular complexity index is 2910. The summed E-state index contributed by atoms with van der Waals surface area (Å²) in [6.07, 6.45) is 0. The van der Waals surface area contributed by atoms with Crippen molar-refractivity contribution in [3.8, 4) is 55.6 Å². The number of rotatable bonds is 5. The summed E-state index contributed by atoms with van der Waals surface area (Å²) in [5.41, 5.74) is 12.3. The zero-order chi connectivity index (χ0) is 34.4. The lowest BCUT2D eigenvalue weighted by atomic mass is 9.87. The van der Waals surface area contributed by atoms with Gasteiger partial charge in [0.2, 0.25) is 0 Å². The molecule has 0 heterocycles. The Morgan fingerprint density at radius 1 is 0.173 bits per heavy atom. The lowest BCUT2D eigenvalue weighted by Crippen LogP contribution is -1.90. The van der Waals surface area contributed by atoms with E-state index >= 15 is 0 Å². The Kier molecular flexibility index (Phi) is 7.25. The van der Waals surface area contributed by atoms with Crippen LogP contribution in [0.4, 0.5) is 0 Å². The molecule has 0 amide bonds. The van der Waals surface area contributed by atoms with E-state index < -0.39 is 0 Å². The lowest BCUT2D eigenvalue weighted by molar-refractivity contribution is 1.61. The molecule has 52 heavy (non-hydrogen) atoms. The molecule has 0 fully saturated rings. The largest absolute Gasteiger partial charge is 0.0622 e. The summed E-state index contributed by atoms with van der Waals surface area (Å²) < 4.78 is 0. The fraction of sp³-hybridized carbons (Fsp3) is 0. The highest BCUT2D eigenvalue weighted by Gasteiger charge is 2.15. The summed E-state index contributed by atoms with van der Waals surface area (Å²) in [6, 6.07) is 75.6. The van der Waals surface area contributed by atoms with Gasteiger partial charge in [0.25, 0.3) is 0 Å². The summed E-state index contributed by atoms with van der Waals surface area (Å²) >= 11 is 0. The zero-order valence-electron chi connectivity index (χ0n) is 28.6. The monoisotopic (exact) mass is 658 g/mol. The third-order valence-electron chi connectivity index (χ3n) is 10.6. The van der Waals surface area contributed by atoms with Gasteiger partial charge in [-0.15, -0.1) is 0 Å². The normalized spacial score (nSPS) is 11.5. The third kappa shape index (κ3) is 5.25. The predicted molar refractivity (Wildman–Crippen MR) is 224 cm³/mol. The molecule has 0 saturated carbocycles. The first-order valence-corrected chi connectivity index (χ1v) is 18.0. The highest BCUT2D eigenvalue weighted by Crippen LogP contribution is 2.42. The van der Waals surface area contributed by atoms with Crippen LogP contribution in [0.5, 0.6) is 0 Å². The molecule has 0 aliphatic carbocycles. The first kappa shape index (κ1) is 30.1. The van der Waals surface area contributed by atoms with Gasteiger partial charge in [0, 0.05) is 0 Å². The van der Waals surface area contributed by atoms with Crippen LogP contribution in [0, 0.1) is 0 Å². The van der Waals surface area contributed by atoms with Crippen molar-refractivity contribution < 1.29 is 0 Å². The second-order valence-corrected chi connectivity index (χ2v) is 13.7. The topological polar surface area (TPSA) is 0 Å². The van der Waals surface area contributed by atoms with E-state index in [-0.39, 0.29) is 0 Å². The molecule has 0 unspecified atom stereocenters. The van der Waals surface area contributed by atoms with Crippen LogP contribution in [0.15, 0.2) is 206 Å².